The standard InChI is InChI=1S/C15H17F3O9S.C14H17F5O7S.C14H15F3O10S.C14H19F3O7S.C14H21F3O7S.5CH3/c16-15(17,18)8(4-28(21,22)23)26-13(19)9-6-1-7-10(9)14(20)27-12(7)11(6)25-3-5-2-24-5;15-13(16,17)12(14(18,19)27(21,22)23)26-11(20)9-2-7-1-6(9)3-10(7)25-5-8-4-24-8;15-14(16,17)5(3-28(20,21)22)25-12(18)6-7-9-11(27-13(7)19)10(8(6)26-9)24-2-4-1-23-4;15-14(16,17)12(6-25(19,20)21)24-13(18)10-2-7-1-9(10)11(3-7)23-5-8-4-22-8;15-14(16,17)12(8-25(19,20)21)24-13(18)10-3-1-9(2-4-10)5-22-6-11-7-23-11;;;;;/h5-12H,1-4H2,(H,21,22,23);6-10,12H,1-5H2,(H,21,22,23);4-11H,1-3H2,(H,20,21,22);7-12H,1-6H2,(H,19,20,21);9-12H,1-8H2,(H,19,20,21);5*1H3/q;;;;;5*+1/p-5. The number of fused-ring (bicyclic) bond motifs is 6. The molecule has 40 nitrogen and oxygen atoms in total. The summed E-state index contributed by atoms with van der Waals surface area (Å²) in [5.74, 6) is -24.7. The van der Waals surface area contributed by atoms with Gasteiger partial charge in [0.25, 0.3) is 6.10 Å². The lowest BCUT2D eigenvalue weighted by molar-refractivity contribution is -0.261. The highest BCUT2D eigenvalue weighted by Gasteiger charge is 2.73. The normalized spacial score (nSPS) is 34.5. The maximum Gasteiger partial charge on any atom is 0.432 e. The molecule has 9 aliphatic heterocycles. The first kappa shape index (κ1) is 119. The van der Waals surface area contributed by atoms with Crippen LogP contribution in [0.3, 0.4) is 0 Å². The minimum Gasteiger partial charge on any atom is -0.748 e. The number of ether oxygens (including phenoxy) is 18. The molecule has 30 unspecified atom stereocenters. The molecule has 0 aromatic carbocycles. The van der Waals surface area contributed by atoms with Crippen LogP contribution in [0.25, 0.3) is 0 Å². The first-order valence-corrected chi connectivity index (χ1v) is 48.6. The van der Waals surface area contributed by atoms with Crippen LogP contribution in [-0.2, 0) is 169 Å². The monoisotopic (exact) mass is 2130 g/mol. The molecule has 16 rings (SSSR count). The number of carbonyl (C=O) groups is 7. The Morgan fingerprint density at radius 3 is 1.17 bits per heavy atom. The minimum atomic E-state index is -6.69. The lowest BCUT2D eigenvalue weighted by Gasteiger charge is -2.32. The molecule has 8 bridgehead atoms. The highest BCUT2D eigenvalue weighted by atomic mass is 32.2. The van der Waals surface area contributed by atoms with Gasteiger partial charge in [-0.2, -0.15) is 74.6 Å². The topological polar surface area (TPSA) is 588 Å². The van der Waals surface area contributed by atoms with Gasteiger partial charge in [0.15, 0.2) is 16.2 Å². The molecule has 62 heteroatoms. The largest absolute Gasteiger partial charge is 0.748 e. The van der Waals surface area contributed by atoms with Crippen molar-refractivity contribution < 1.29 is 258 Å². The second-order valence-electron chi connectivity index (χ2n) is 34.7. The Morgan fingerprint density at radius 2 is 0.761 bits per heavy atom. The van der Waals surface area contributed by atoms with E-state index in [2.05, 4.69) is 23.7 Å². The molecule has 9 heterocycles. The van der Waals surface area contributed by atoms with Gasteiger partial charge in [0.1, 0.15) is 66.8 Å². The summed E-state index contributed by atoms with van der Waals surface area (Å²) in [6, 6.07) is 0. The van der Waals surface area contributed by atoms with Crippen molar-refractivity contribution in [1.29, 1.82) is 0 Å². The van der Waals surface area contributed by atoms with Crippen LogP contribution in [-0.4, -0.2) is 348 Å². The molecule has 7 aliphatic carbocycles. The fraction of sp³-hybridized carbons (Fsp3) is 0.842. The van der Waals surface area contributed by atoms with Crippen molar-refractivity contribution in [2.45, 2.75) is 217 Å². The highest BCUT2D eigenvalue weighted by Crippen LogP contribution is 2.60. The van der Waals surface area contributed by atoms with E-state index in [-0.39, 0.29) is 129 Å². The van der Waals surface area contributed by atoms with Gasteiger partial charge in [0, 0.05) is 55.6 Å². The van der Waals surface area contributed by atoms with E-state index in [1.165, 1.54) is 0 Å². The predicted octanol–water partition coefficient (Wildman–Crippen LogP) is 4.07. The highest BCUT2D eigenvalue weighted by molar-refractivity contribution is 7.87. The number of rotatable bonds is 36. The number of esters is 7. The zero-order chi connectivity index (χ0) is 98.1. The fourth-order valence-corrected chi connectivity index (χ4v) is 21.5. The van der Waals surface area contributed by atoms with Gasteiger partial charge in [-0.15, -0.1) is 0 Å². The van der Waals surface area contributed by atoms with Crippen molar-refractivity contribution >= 4 is 92.4 Å². The Morgan fingerprint density at radius 1 is 0.362 bits per heavy atom. The smallest absolute Gasteiger partial charge is 0.432 e. The average molecular weight is 2140 g/mol. The number of hydrogen-bond donors (Lipinski definition) is 0. The van der Waals surface area contributed by atoms with Crippen LogP contribution in [0.1, 0.15) is 70.6 Å². The number of epoxide rings is 5. The SMILES string of the molecule is O=C(OC(C(F)(F)F)C(F)(F)S(=O)(=O)[O-])C1CC2CC1CC2OCC1CO1.O=C(OC(CS(=O)(=O)[O-])C(F)(F)F)C1C2CC3C(OC(=O)C31)C2OCC1CO1.O=C(OC(CS(=O)(=O)[O-])C(F)(F)F)C1C2OC3C(OC(=O)C31)C2OCC1CO1.O=C(OC(CS(=O)(=O)[O-])C(F)(F)F)C1CC2CC(OCC3CO3)C1C2.O=C(OC(CS(=O)(=O)[O-])C(F)(F)F)C1CCC(COCC2CO2)CC1.[CH3+].[CH3+].[CH3+].[CH3+].[CH3+]. The van der Waals surface area contributed by atoms with Crippen molar-refractivity contribution in [3.05, 3.63) is 37.1 Å². The minimum absolute atomic E-state index is 0. The van der Waals surface area contributed by atoms with E-state index in [1.807, 2.05) is 0 Å². The molecule has 7 saturated carbocycles. The first-order chi connectivity index (χ1) is 61.3. The second-order valence-corrected chi connectivity index (χ2v) is 42.0. The molecule has 0 aromatic heterocycles. The molecule has 0 spiro atoms. The molecule has 0 N–H and O–H groups in total. The lowest BCUT2D eigenvalue weighted by Crippen LogP contribution is -2.53. The van der Waals surface area contributed by atoms with E-state index in [0.29, 0.717) is 117 Å². The van der Waals surface area contributed by atoms with Gasteiger partial charge in [0.05, 0.1) is 177 Å². The van der Waals surface area contributed by atoms with Gasteiger partial charge >= 0.3 is 77.9 Å². The summed E-state index contributed by atoms with van der Waals surface area (Å²) in [6.07, 6.45) is -43.7. The average Bonchev–Trinajstić information content (AvgIpc) is 1.55. The summed E-state index contributed by atoms with van der Waals surface area (Å²) in [5, 5.41) is -5.82. The van der Waals surface area contributed by atoms with E-state index >= 15 is 0 Å². The summed E-state index contributed by atoms with van der Waals surface area (Å²) in [5.41, 5.74) is 0. The quantitative estimate of drug-likeness (QED) is 0.0213. The predicted molar refractivity (Wildman–Crippen MR) is 411 cm³/mol. The van der Waals surface area contributed by atoms with E-state index in [0.717, 1.165) is 6.42 Å². The second kappa shape index (κ2) is 45.1. The third kappa shape index (κ3) is 31.3. The molecule has 16 fully saturated rings. The molecular weight excluding hydrogens is 2040 g/mol. The molecule has 138 heavy (non-hydrogen) atoms. The summed E-state index contributed by atoms with van der Waals surface area (Å²) in [6.45, 7) is 4.97. The number of alkyl halides is 17. The van der Waals surface area contributed by atoms with Crippen LogP contribution in [0.2, 0.25) is 0 Å². The van der Waals surface area contributed by atoms with Crippen LogP contribution >= 0.6 is 0 Å². The van der Waals surface area contributed by atoms with Crippen molar-refractivity contribution in [3.63, 3.8) is 0 Å². The Bertz CT molecular complexity index is 4650. The van der Waals surface area contributed by atoms with Gasteiger partial charge < -0.3 is 108 Å². The van der Waals surface area contributed by atoms with E-state index in [4.69, 9.17) is 61.6 Å². The van der Waals surface area contributed by atoms with Gasteiger partial charge in [-0.25, -0.2) is 42.1 Å². The van der Waals surface area contributed by atoms with Crippen LogP contribution in [0, 0.1) is 120 Å². The molecule has 16 aliphatic rings. The summed E-state index contributed by atoms with van der Waals surface area (Å²) in [7, 11) is -27.7. The summed E-state index contributed by atoms with van der Waals surface area (Å²) < 4.78 is 470. The number of hydrogen-bond acceptors (Lipinski definition) is 40. The third-order valence-electron chi connectivity index (χ3n) is 25.0. The maximum absolute atomic E-state index is 13.4. The molecule has 792 valence electrons. The zero-order valence-corrected chi connectivity index (χ0v) is 77.2. The van der Waals surface area contributed by atoms with Gasteiger partial charge in [0.2, 0.25) is 24.4 Å². The van der Waals surface area contributed by atoms with Crippen molar-refractivity contribution in [2.24, 2.45) is 82.9 Å². The summed E-state index contributed by atoms with van der Waals surface area (Å²) in [4.78, 5) is 85.2. The molecular formula is C76H99F17O40S5. The fourth-order valence-electron chi connectivity index (χ4n) is 18.5. The lowest BCUT2D eigenvalue weighted by atomic mass is 9.78. The van der Waals surface area contributed by atoms with Gasteiger partial charge in [-0.1, -0.05) is 0 Å². The molecule has 30 atom stereocenters. The van der Waals surface area contributed by atoms with Crippen molar-refractivity contribution in [2.75, 3.05) is 95.7 Å². The number of halogens is 17. The van der Waals surface area contributed by atoms with E-state index < -0.39 is 272 Å². The Labute approximate surface area is 779 Å². The third-order valence-corrected chi connectivity index (χ3v) is 28.7. The summed E-state index contributed by atoms with van der Waals surface area (Å²) >= 11 is 0. The van der Waals surface area contributed by atoms with Crippen LogP contribution in [0.5, 0.6) is 0 Å². The van der Waals surface area contributed by atoms with Crippen LogP contribution in [0.15, 0.2) is 0 Å². The van der Waals surface area contributed by atoms with E-state index in [1.54, 1.807) is 0 Å². The first-order valence-electron chi connectivity index (χ1n) is 40.9. The van der Waals surface area contributed by atoms with Crippen molar-refractivity contribution in [1.82, 2.24) is 0 Å². The Balaban J connectivity index is 0.000000233. The molecule has 9 saturated heterocycles. The molecule has 0 radical (unpaired) electrons. The molecule has 0 amide bonds. The Kier molecular flexibility index (Phi) is 38.7. The van der Waals surface area contributed by atoms with Gasteiger partial charge in [-0.3, -0.25) is 33.6 Å². The zero-order valence-electron chi connectivity index (χ0n) is 73.2. The maximum atomic E-state index is 13.4. The van der Waals surface area contributed by atoms with Crippen molar-refractivity contribution in [3.8, 4) is 0 Å². The Hall–Kier alpha value is -6.44. The van der Waals surface area contributed by atoms with Crippen LogP contribution < -0.4 is 0 Å². The number of carbonyl (C=O) groups excluding carboxylic acids is 7. The van der Waals surface area contributed by atoms with E-state index in [9.17, 15) is 173 Å². The van der Waals surface area contributed by atoms with Gasteiger partial charge in [-0.05, 0) is 100 Å². The van der Waals surface area contributed by atoms with Crippen LogP contribution in [0.4, 0.5) is 74.6 Å². The molecule has 0 aromatic rings.